The summed E-state index contributed by atoms with van der Waals surface area (Å²) < 4.78 is 2.10. The van der Waals surface area contributed by atoms with Crippen LogP contribution >= 0.6 is 23.2 Å². The van der Waals surface area contributed by atoms with Crippen LogP contribution < -0.4 is 0 Å². The Hall–Kier alpha value is -0.400. The Kier molecular flexibility index (Phi) is 3.46. The third-order valence-electron chi connectivity index (χ3n) is 2.35. The van der Waals surface area contributed by atoms with Gasteiger partial charge in [-0.1, -0.05) is 23.2 Å². The van der Waals surface area contributed by atoms with Crippen LogP contribution in [0.15, 0.2) is 16.8 Å². The van der Waals surface area contributed by atoms with Gasteiger partial charge in [0.25, 0.3) is 0 Å². The molecular weight excluding hydrogens is 205 g/mol. The molecule has 0 saturated carbocycles. The van der Waals surface area contributed by atoms with E-state index in [0.29, 0.717) is 11.6 Å². The van der Waals surface area contributed by atoms with Crippen LogP contribution in [0.25, 0.3) is 0 Å². The van der Waals surface area contributed by atoms with Crippen LogP contribution in [-0.2, 0) is 6.54 Å². The molecule has 0 aromatic carbocycles. The zero-order chi connectivity index (χ0) is 10.0. The van der Waals surface area contributed by atoms with E-state index in [0.717, 1.165) is 0 Å². The molecule has 1 rings (SSSR count). The average Bonchev–Trinajstić information content (AvgIpc) is 2.34. The second kappa shape index (κ2) is 4.21. The molecule has 0 amide bonds. The fourth-order valence-electron chi connectivity index (χ4n) is 1.29. The predicted molar refractivity (Wildman–Crippen MR) is 58.4 cm³/mol. The third-order valence-corrected chi connectivity index (χ3v) is 2.96. The van der Waals surface area contributed by atoms with Gasteiger partial charge in [-0.15, -0.1) is 0 Å². The average molecular weight is 218 g/mol. The van der Waals surface area contributed by atoms with Crippen LogP contribution in [0.3, 0.4) is 0 Å². The summed E-state index contributed by atoms with van der Waals surface area (Å²) >= 11 is 11.3. The van der Waals surface area contributed by atoms with Crippen LogP contribution in [0.1, 0.15) is 16.8 Å². The fraction of sp³-hybridized carbons (Fsp3) is 0.400. The maximum Gasteiger partial charge on any atom is 0.0588 e. The third kappa shape index (κ3) is 2.29. The van der Waals surface area contributed by atoms with E-state index in [4.69, 9.17) is 23.2 Å². The molecule has 1 aromatic rings. The van der Waals surface area contributed by atoms with Gasteiger partial charge in [-0.3, -0.25) is 0 Å². The maximum absolute atomic E-state index is 5.84. The molecule has 0 saturated heterocycles. The predicted octanol–water partition coefficient (Wildman–Crippen LogP) is 3.73. The molecule has 0 atom stereocenters. The summed E-state index contributed by atoms with van der Waals surface area (Å²) in [5, 5.41) is 0.653. The minimum absolute atomic E-state index is 0.653. The van der Waals surface area contributed by atoms with Gasteiger partial charge in [0.05, 0.1) is 6.54 Å². The Bertz CT molecular complexity index is 337. The van der Waals surface area contributed by atoms with Gasteiger partial charge in [0.1, 0.15) is 0 Å². The van der Waals surface area contributed by atoms with Crippen molar-refractivity contribution in [3.8, 4) is 0 Å². The minimum Gasteiger partial charge on any atom is -0.346 e. The van der Waals surface area contributed by atoms with Crippen molar-refractivity contribution < 1.29 is 0 Å². The quantitative estimate of drug-likeness (QED) is 0.712. The highest BCUT2D eigenvalue weighted by Gasteiger charge is 2.05. The second-order valence-electron chi connectivity index (χ2n) is 3.21. The molecule has 1 nitrogen and oxygen atoms in total. The van der Waals surface area contributed by atoms with Crippen LogP contribution in [0.2, 0.25) is 0 Å². The fourth-order valence-corrected chi connectivity index (χ4v) is 1.49. The molecule has 72 valence electrons. The van der Waals surface area contributed by atoms with Gasteiger partial charge in [-0.2, -0.15) is 0 Å². The number of aryl methyl sites for hydroxylation is 1. The van der Waals surface area contributed by atoms with E-state index < -0.39 is 0 Å². The van der Waals surface area contributed by atoms with E-state index in [1.165, 1.54) is 22.4 Å². The number of rotatable bonds is 2. The van der Waals surface area contributed by atoms with Crippen LogP contribution in [0.4, 0.5) is 0 Å². The first-order valence-electron chi connectivity index (χ1n) is 4.14. The van der Waals surface area contributed by atoms with Gasteiger partial charge < -0.3 is 4.57 Å². The highest BCUT2D eigenvalue weighted by atomic mass is 35.5. The lowest BCUT2D eigenvalue weighted by Gasteiger charge is -2.04. The number of hydrogen-bond donors (Lipinski definition) is 0. The lowest BCUT2D eigenvalue weighted by atomic mass is 10.2. The Balaban J connectivity index is 2.96. The molecule has 0 bridgehead atoms. The summed E-state index contributed by atoms with van der Waals surface area (Å²) in [6.45, 7) is 6.95. The van der Waals surface area contributed by atoms with Gasteiger partial charge in [0, 0.05) is 22.5 Å². The molecular formula is C10H13Cl2N. The van der Waals surface area contributed by atoms with Gasteiger partial charge in [0.2, 0.25) is 0 Å². The zero-order valence-corrected chi connectivity index (χ0v) is 9.58. The van der Waals surface area contributed by atoms with Crippen molar-refractivity contribution in [3.05, 3.63) is 33.6 Å². The molecule has 0 N–H and O–H groups in total. The Morgan fingerprint density at radius 1 is 1.46 bits per heavy atom. The standard InChI is InChI=1S/C10H13Cl2N/c1-7-5-13(6-10(12)4-11)9(3)8(7)2/h4-5H,6H2,1-3H3. The van der Waals surface area contributed by atoms with Gasteiger partial charge >= 0.3 is 0 Å². The number of hydrogen-bond acceptors (Lipinski definition) is 0. The first kappa shape index (κ1) is 10.7. The molecule has 1 heterocycles. The molecule has 0 aliphatic heterocycles. The minimum atomic E-state index is 0.653. The summed E-state index contributed by atoms with van der Waals surface area (Å²) in [7, 11) is 0. The van der Waals surface area contributed by atoms with Crippen LogP contribution in [0.5, 0.6) is 0 Å². The van der Waals surface area contributed by atoms with E-state index in [1.807, 2.05) is 0 Å². The molecule has 0 aliphatic rings. The Labute approximate surface area is 89.0 Å². The van der Waals surface area contributed by atoms with Crippen molar-refractivity contribution in [2.75, 3.05) is 0 Å². The highest BCUT2D eigenvalue weighted by Crippen LogP contribution is 2.17. The van der Waals surface area contributed by atoms with E-state index in [2.05, 4.69) is 31.5 Å². The zero-order valence-electron chi connectivity index (χ0n) is 8.06. The Morgan fingerprint density at radius 3 is 2.46 bits per heavy atom. The molecule has 0 unspecified atom stereocenters. The van der Waals surface area contributed by atoms with Crippen molar-refractivity contribution >= 4 is 23.2 Å². The van der Waals surface area contributed by atoms with E-state index >= 15 is 0 Å². The number of nitrogens with zero attached hydrogens (tertiary/aromatic N) is 1. The largest absolute Gasteiger partial charge is 0.346 e. The van der Waals surface area contributed by atoms with Crippen molar-refractivity contribution in [3.63, 3.8) is 0 Å². The van der Waals surface area contributed by atoms with E-state index in [9.17, 15) is 0 Å². The van der Waals surface area contributed by atoms with E-state index in [-0.39, 0.29) is 0 Å². The molecule has 0 radical (unpaired) electrons. The van der Waals surface area contributed by atoms with Crippen molar-refractivity contribution in [1.29, 1.82) is 0 Å². The summed E-state index contributed by atoms with van der Waals surface area (Å²) in [5.41, 5.74) is 5.26. The second-order valence-corrected chi connectivity index (χ2v) is 3.91. The summed E-state index contributed by atoms with van der Waals surface area (Å²) in [4.78, 5) is 0. The number of allylic oxidation sites excluding steroid dienone is 1. The maximum atomic E-state index is 5.84. The molecule has 1 aromatic heterocycles. The summed E-state index contributed by atoms with van der Waals surface area (Å²) in [6.07, 6.45) is 2.09. The van der Waals surface area contributed by atoms with Gasteiger partial charge in [0.15, 0.2) is 0 Å². The van der Waals surface area contributed by atoms with Gasteiger partial charge in [-0.05, 0) is 31.9 Å². The molecule has 0 spiro atoms. The lowest BCUT2D eigenvalue weighted by Crippen LogP contribution is -1.98. The lowest BCUT2D eigenvalue weighted by molar-refractivity contribution is 0.784. The normalized spacial score (nSPS) is 12.2. The van der Waals surface area contributed by atoms with Gasteiger partial charge in [-0.25, -0.2) is 0 Å². The smallest absolute Gasteiger partial charge is 0.0588 e. The first-order chi connectivity index (χ1) is 6.06. The monoisotopic (exact) mass is 217 g/mol. The summed E-state index contributed by atoms with van der Waals surface area (Å²) in [6, 6.07) is 0. The molecule has 3 heteroatoms. The van der Waals surface area contributed by atoms with Crippen molar-refractivity contribution in [2.24, 2.45) is 0 Å². The van der Waals surface area contributed by atoms with Crippen molar-refractivity contribution in [1.82, 2.24) is 4.57 Å². The molecule has 0 aliphatic carbocycles. The number of halogens is 2. The number of aromatic nitrogens is 1. The SMILES string of the molecule is Cc1cn(CC(Cl)=CCl)c(C)c1C. The first-order valence-corrected chi connectivity index (χ1v) is 4.95. The molecule has 0 fully saturated rings. The highest BCUT2D eigenvalue weighted by molar-refractivity contribution is 6.36. The van der Waals surface area contributed by atoms with Crippen LogP contribution in [0, 0.1) is 20.8 Å². The topological polar surface area (TPSA) is 4.93 Å². The Morgan fingerprint density at radius 2 is 2.08 bits per heavy atom. The molecule has 13 heavy (non-hydrogen) atoms. The summed E-state index contributed by atoms with van der Waals surface area (Å²) in [5.74, 6) is 0. The van der Waals surface area contributed by atoms with Crippen molar-refractivity contribution in [2.45, 2.75) is 27.3 Å². The van der Waals surface area contributed by atoms with E-state index in [1.54, 1.807) is 0 Å². The van der Waals surface area contributed by atoms with Crippen LogP contribution in [-0.4, -0.2) is 4.57 Å².